The van der Waals surface area contributed by atoms with Crippen molar-refractivity contribution in [3.05, 3.63) is 65.0 Å². The van der Waals surface area contributed by atoms with Crippen LogP contribution in [-0.2, 0) is 6.54 Å². The van der Waals surface area contributed by atoms with Gasteiger partial charge in [0.15, 0.2) is 5.84 Å². The van der Waals surface area contributed by atoms with E-state index >= 15 is 0 Å². The van der Waals surface area contributed by atoms with Crippen LogP contribution in [0.5, 0.6) is 0 Å². The number of oxime groups is 1. The highest BCUT2D eigenvalue weighted by Gasteiger charge is 2.03. The topological polar surface area (TPSA) is 70.6 Å². The molecule has 2 aromatic rings. The van der Waals surface area contributed by atoms with E-state index in [1.807, 2.05) is 19.1 Å². The molecule has 104 valence electrons. The van der Waals surface area contributed by atoms with Crippen LogP contribution in [0.25, 0.3) is 0 Å². The van der Waals surface area contributed by atoms with Crippen LogP contribution in [0.15, 0.2) is 47.6 Å². The van der Waals surface area contributed by atoms with Crippen LogP contribution >= 0.6 is 0 Å². The van der Waals surface area contributed by atoms with Gasteiger partial charge in [0.25, 0.3) is 0 Å². The molecule has 0 fully saturated rings. The minimum atomic E-state index is -0.255. The third-order valence-corrected chi connectivity index (χ3v) is 3.07. The smallest absolute Gasteiger partial charge is 0.170 e. The second-order valence-electron chi connectivity index (χ2n) is 4.49. The first-order valence-corrected chi connectivity index (χ1v) is 6.17. The highest BCUT2D eigenvalue weighted by molar-refractivity contribution is 5.97. The zero-order chi connectivity index (χ0) is 14.5. The third kappa shape index (κ3) is 3.26. The molecule has 0 amide bonds. The number of nitrogens with zero attached hydrogens (tertiary/aromatic N) is 1. The lowest BCUT2D eigenvalue weighted by Gasteiger charge is -2.10. The number of nitrogens with two attached hydrogens (primary N) is 1. The molecule has 5 heteroatoms. The first-order valence-electron chi connectivity index (χ1n) is 6.17. The Bertz CT molecular complexity index is 624. The molecule has 0 saturated heterocycles. The Labute approximate surface area is 116 Å². The van der Waals surface area contributed by atoms with E-state index in [0.717, 1.165) is 16.8 Å². The van der Waals surface area contributed by atoms with Gasteiger partial charge in [-0.3, -0.25) is 0 Å². The number of hydrogen-bond acceptors (Lipinski definition) is 3. The van der Waals surface area contributed by atoms with Crippen molar-refractivity contribution < 1.29 is 9.60 Å². The van der Waals surface area contributed by atoms with Crippen molar-refractivity contribution in [1.82, 2.24) is 0 Å². The zero-order valence-corrected chi connectivity index (χ0v) is 11.1. The average Bonchev–Trinajstić information content (AvgIpc) is 2.46. The zero-order valence-electron chi connectivity index (χ0n) is 11.1. The molecule has 2 aromatic carbocycles. The highest BCUT2D eigenvalue weighted by atomic mass is 19.1. The Morgan fingerprint density at radius 1 is 1.25 bits per heavy atom. The summed E-state index contributed by atoms with van der Waals surface area (Å²) in [4.78, 5) is 0. The van der Waals surface area contributed by atoms with Crippen molar-refractivity contribution in [3.63, 3.8) is 0 Å². The molecule has 0 aliphatic rings. The van der Waals surface area contributed by atoms with Gasteiger partial charge in [-0.2, -0.15) is 0 Å². The van der Waals surface area contributed by atoms with E-state index in [-0.39, 0.29) is 11.7 Å². The van der Waals surface area contributed by atoms with Crippen molar-refractivity contribution in [1.29, 1.82) is 0 Å². The molecule has 0 saturated carbocycles. The molecule has 0 bridgehead atoms. The van der Waals surface area contributed by atoms with Crippen LogP contribution in [0.4, 0.5) is 10.1 Å². The van der Waals surface area contributed by atoms with Crippen LogP contribution in [0, 0.1) is 12.7 Å². The van der Waals surface area contributed by atoms with Gasteiger partial charge < -0.3 is 16.3 Å². The third-order valence-electron chi connectivity index (χ3n) is 3.07. The van der Waals surface area contributed by atoms with E-state index in [2.05, 4.69) is 10.5 Å². The standard InChI is InChI=1S/C15H16FN3O/c1-10-8-11(15(17)19-20)2-3-12(10)9-18-14-6-4-13(16)5-7-14/h2-8,18,20H,9H2,1H3,(H2,17,19). The summed E-state index contributed by atoms with van der Waals surface area (Å²) in [7, 11) is 0. The van der Waals surface area contributed by atoms with Crippen LogP contribution < -0.4 is 11.1 Å². The fourth-order valence-corrected chi connectivity index (χ4v) is 1.88. The fraction of sp³-hybridized carbons (Fsp3) is 0.133. The van der Waals surface area contributed by atoms with Gasteiger partial charge in [0.1, 0.15) is 5.82 Å². The Balaban J connectivity index is 2.08. The maximum absolute atomic E-state index is 12.8. The predicted molar refractivity (Wildman–Crippen MR) is 77.4 cm³/mol. The molecule has 0 aliphatic heterocycles. The van der Waals surface area contributed by atoms with Gasteiger partial charge in [0.05, 0.1) is 0 Å². The first-order chi connectivity index (χ1) is 9.60. The fourth-order valence-electron chi connectivity index (χ4n) is 1.88. The number of benzene rings is 2. The minimum absolute atomic E-state index is 0.0890. The summed E-state index contributed by atoms with van der Waals surface area (Å²) in [5.74, 6) is -0.166. The minimum Gasteiger partial charge on any atom is -0.409 e. The molecule has 2 rings (SSSR count). The summed E-state index contributed by atoms with van der Waals surface area (Å²) >= 11 is 0. The summed E-state index contributed by atoms with van der Waals surface area (Å²) in [6, 6.07) is 11.8. The molecular weight excluding hydrogens is 257 g/mol. The molecule has 4 N–H and O–H groups in total. The number of halogens is 1. The molecule has 20 heavy (non-hydrogen) atoms. The van der Waals surface area contributed by atoms with Crippen molar-refractivity contribution in [2.45, 2.75) is 13.5 Å². The van der Waals surface area contributed by atoms with Crippen molar-refractivity contribution in [2.75, 3.05) is 5.32 Å². The predicted octanol–water partition coefficient (Wildman–Crippen LogP) is 2.84. The molecule has 0 aromatic heterocycles. The SMILES string of the molecule is Cc1cc(/C(N)=N/O)ccc1CNc1ccc(F)cc1. The van der Waals surface area contributed by atoms with Gasteiger partial charge in [-0.05, 0) is 48.4 Å². The van der Waals surface area contributed by atoms with Crippen molar-refractivity contribution in [2.24, 2.45) is 10.9 Å². The Kier molecular flexibility index (Phi) is 4.20. The average molecular weight is 273 g/mol. The van der Waals surface area contributed by atoms with E-state index in [4.69, 9.17) is 10.9 Å². The molecule has 0 heterocycles. The molecule has 0 atom stereocenters. The quantitative estimate of drug-likeness (QED) is 0.347. The molecule has 0 unspecified atom stereocenters. The lowest BCUT2D eigenvalue weighted by Crippen LogP contribution is -2.13. The Morgan fingerprint density at radius 3 is 2.55 bits per heavy atom. The number of anilines is 1. The molecule has 0 aliphatic carbocycles. The summed E-state index contributed by atoms with van der Waals surface area (Å²) in [5.41, 5.74) is 9.19. The van der Waals surface area contributed by atoms with Gasteiger partial charge in [0, 0.05) is 17.8 Å². The summed E-state index contributed by atoms with van der Waals surface area (Å²) in [6.07, 6.45) is 0. The second-order valence-corrected chi connectivity index (χ2v) is 4.49. The van der Waals surface area contributed by atoms with Gasteiger partial charge in [0.2, 0.25) is 0 Å². The van der Waals surface area contributed by atoms with Gasteiger partial charge >= 0.3 is 0 Å². The lowest BCUT2D eigenvalue weighted by atomic mass is 10.0. The molecule has 0 radical (unpaired) electrons. The van der Waals surface area contributed by atoms with Crippen molar-refractivity contribution >= 4 is 11.5 Å². The van der Waals surface area contributed by atoms with Crippen LogP contribution in [0.3, 0.4) is 0 Å². The maximum Gasteiger partial charge on any atom is 0.170 e. The summed E-state index contributed by atoms with van der Waals surface area (Å²) in [6.45, 7) is 2.57. The normalized spacial score (nSPS) is 11.4. The number of amidine groups is 1. The molecule has 0 spiro atoms. The largest absolute Gasteiger partial charge is 0.409 e. The van der Waals surface area contributed by atoms with Gasteiger partial charge in [-0.15, -0.1) is 0 Å². The summed E-state index contributed by atoms with van der Waals surface area (Å²) < 4.78 is 12.8. The maximum atomic E-state index is 12.8. The van der Waals surface area contributed by atoms with E-state index in [1.54, 1.807) is 18.2 Å². The van der Waals surface area contributed by atoms with Crippen molar-refractivity contribution in [3.8, 4) is 0 Å². The Hall–Kier alpha value is -2.56. The second kappa shape index (κ2) is 6.06. The van der Waals surface area contributed by atoms with Crippen LogP contribution in [-0.4, -0.2) is 11.0 Å². The van der Waals surface area contributed by atoms with E-state index in [9.17, 15) is 4.39 Å². The monoisotopic (exact) mass is 273 g/mol. The molecular formula is C15H16FN3O. The lowest BCUT2D eigenvalue weighted by molar-refractivity contribution is 0.318. The van der Waals surface area contributed by atoms with E-state index < -0.39 is 0 Å². The molecule has 4 nitrogen and oxygen atoms in total. The van der Waals surface area contributed by atoms with Crippen LogP contribution in [0.1, 0.15) is 16.7 Å². The number of aryl methyl sites for hydroxylation is 1. The van der Waals surface area contributed by atoms with Crippen LogP contribution in [0.2, 0.25) is 0 Å². The van der Waals surface area contributed by atoms with Gasteiger partial charge in [-0.25, -0.2) is 4.39 Å². The first kappa shape index (κ1) is 13.9. The highest BCUT2D eigenvalue weighted by Crippen LogP contribution is 2.14. The summed E-state index contributed by atoms with van der Waals surface area (Å²) in [5, 5.41) is 14.8. The van der Waals surface area contributed by atoms with Gasteiger partial charge in [-0.1, -0.05) is 17.3 Å². The number of rotatable bonds is 4. The number of nitrogens with one attached hydrogen (secondary N) is 1. The van der Waals surface area contributed by atoms with E-state index in [1.165, 1.54) is 12.1 Å². The number of hydrogen-bond donors (Lipinski definition) is 3. The Morgan fingerprint density at radius 2 is 1.95 bits per heavy atom. The van der Waals surface area contributed by atoms with E-state index in [0.29, 0.717) is 12.1 Å².